The van der Waals surface area contributed by atoms with Crippen molar-refractivity contribution in [3.05, 3.63) is 59.7 Å². The van der Waals surface area contributed by atoms with Crippen LogP contribution in [0, 0.1) is 12.7 Å². The summed E-state index contributed by atoms with van der Waals surface area (Å²) < 4.78 is 13.4. The fraction of sp³-hybridized carbons (Fsp3) is 0.214. The monoisotopic (exact) mass is 230 g/mol. The Morgan fingerprint density at radius 1 is 1.24 bits per heavy atom. The van der Waals surface area contributed by atoms with Crippen molar-refractivity contribution in [2.75, 3.05) is 5.32 Å². The van der Waals surface area contributed by atoms with Gasteiger partial charge in [-0.2, -0.15) is 0 Å². The summed E-state index contributed by atoms with van der Waals surface area (Å²) in [5.41, 5.74) is 2.54. The van der Waals surface area contributed by atoms with E-state index in [4.69, 9.17) is 0 Å². The van der Waals surface area contributed by atoms with E-state index in [9.17, 15) is 4.39 Å². The van der Waals surface area contributed by atoms with E-state index >= 15 is 0 Å². The summed E-state index contributed by atoms with van der Waals surface area (Å²) in [4.78, 5) is 4.07. The van der Waals surface area contributed by atoms with Crippen LogP contribution >= 0.6 is 0 Å². The maximum Gasteiger partial charge on any atom is 0.128 e. The Morgan fingerprint density at radius 2 is 2.06 bits per heavy atom. The molecule has 3 heteroatoms. The maximum atomic E-state index is 13.4. The van der Waals surface area contributed by atoms with Gasteiger partial charge in [0.15, 0.2) is 0 Å². The van der Waals surface area contributed by atoms with Crippen LogP contribution in [0.4, 0.5) is 10.1 Å². The molecule has 1 aromatic heterocycles. The molecule has 1 aromatic carbocycles. The standard InChI is InChI=1S/C14H15FN2/c1-10-13(15)6-3-7-14(10)17-11(2)12-5-4-8-16-9-12/h3-9,11,17H,1-2H3. The summed E-state index contributed by atoms with van der Waals surface area (Å²) >= 11 is 0. The zero-order valence-corrected chi connectivity index (χ0v) is 9.94. The summed E-state index contributed by atoms with van der Waals surface area (Å²) in [6.45, 7) is 3.80. The third kappa shape index (κ3) is 2.61. The SMILES string of the molecule is Cc1c(F)cccc1NC(C)c1cccnc1. The van der Waals surface area contributed by atoms with Crippen molar-refractivity contribution in [2.24, 2.45) is 0 Å². The summed E-state index contributed by atoms with van der Waals surface area (Å²) in [5.74, 6) is -0.187. The number of aromatic nitrogens is 1. The van der Waals surface area contributed by atoms with E-state index in [1.807, 2.05) is 31.3 Å². The fourth-order valence-corrected chi connectivity index (χ4v) is 1.71. The summed E-state index contributed by atoms with van der Waals surface area (Å²) in [7, 11) is 0. The van der Waals surface area contributed by atoms with Gasteiger partial charge in [-0.15, -0.1) is 0 Å². The second kappa shape index (κ2) is 4.95. The van der Waals surface area contributed by atoms with Gasteiger partial charge in [0.2, 0.25) is 0 Å². The van der Waals surface area contributed by atoms with Crippen LogP contribution in [-0.4, -0.2) is 4.98 Å². The summed E-state index contributed by atoms with van der Waals surface area (Å²) in [6.07, 6.45) is 3.55. The van der Waals surface area contributed by atoms with Crippen LogP contribution in [0.2, 0.25) is 0 Å². The molecule has 0 fully saturated rings. The minimum absolute atomic E-state index is 0.101. The van der Waals surface area contributed by atoms with Crippen LogP contribution in [0.5, 0.6) is 0 Å². The molecule has 0 radical (unpaired) electrons. The minimum atomic E-state index is -0.187. The van der Waals surface area contributed by atoms with Crippen LogP contribution < -0.4 is 5.32 Å². The largest absolute Gasteiger partial charge is 0.378 e. The number of hydrogen-bond donors (Lipinski definition) is 1. The molecule has 1 N–H and O–H groups in total. The second-order valence-electron chi connectivity index (χ2n) is 4.06. The average molecular weight is 230 g/mol. The average Bonchev–Trinajstić information content (AvgIpc) is 2.36. The molecule has 88 valence electrons. The predicted octanol–water partition coefficient (Wildman–Crippen LogP) is 3.70. The number of nitrogens with one attached hydrogen (secondary N) is 1. The van der Waals surface area contributed by atoms with Crippen molar-refractivity contribution in [3.63, 3.8) is 0 Å². The van der Waals surface area contributed by atoms with Gasteiger partial charge in [0, 0.05) is 23.6 Å². The highest BCUT2D eigenvalue weighted by Crippen LogP contribution is 2.23. The van der Waals surface area contributed by atoms with Crippen molar-refractivity contribution >= 4 is 5.69 Å². The molecule has 2 aromatic rings. The molecular formula is C14H15FN2. The molecule has 1 atom stereocenters. The molecule has 1 unspecified atom stereocenters. The van der Waals surface area contributed by atoms with Crippen LogP contribution in [0.15, 0.2) is 42.7 Å². The van der Waals surface area contributed by atoms with Gasteiger partial charge in [-0.05, 0) is 37.6 Å². The molecule has 0 aliphatic carbocycles. The maximum absolute atomic E-state index is 13.4. The summed E-state index contributed by atoms with van der Waals surface area (Å²) in [5, 5.41) is 3.29. The van der Waals surface area contributed by atoms with Gasteiger partial charge in [-0.25, -0.2) is 4.39 Å². The first-order valence-corrected chi connectivity index (χ1v) is 5.60. The molecule has 0 aliphatic rings. The molecule has 0 amide bonds. The Labute approximate surface area is 101 Å². The predicted molar refractivity (Wildman–Crippen MR) is 67.4 cm³/mol. The molecule has 0 saturated carbocycles. The minimum Gasteiger partial charge on any atom is -0.378 e. The van der Waals surface area contributed by atoms with Gasteiger partial charge in [0.05, 0.1) is 6.04 Å². The van der Waals surface area contributed by atoms with Gasteiger partial charge in [-0.1, -0.05) is 12.1 Å². The van der Waals surface area contributed by atoms with E-state index in [0.717, 1.165) is 11.3 Å². The Morgan fingerprint density at radius 3 is 2.76 bits per heavy atom. The molecule has 0 aliphatic heterocycles. The first-order chi connectivity index (χ1) is 8.18. The molecule has 0 bridgehead atoms. The lowest BCUT2D eigenvalue weighted by molar-refractivity contribution is 0.618. The Hall–Kier alpha value is -1.90. The fourth-order valence-electron chi connectivity index (χ4n) is 1.71. The highest BCUT2D eigenvalue weighted by Gasteiger charge is 2.08. The van der Waals surface area contributed by atoms with E-state index in [0.29, 0.717) is 5.56 Å². The smallest absolute Gasteiger partial charge is 0.128 e. The first-order valence-electron chi connectivity index (χ1n) is 5.60. The zero-order chi connectivity index (χ0) is 12.3. The first kappa shape index (κ1) is 11.6. The van der Waals surface area contributed by atoms with Crippen molar-refractivity contribution in [1.82, 2.24) is 4.98 Å². The van der Waals surface area contributed by atoms with E-state index in [1.54, 1.807) is 19.2 Å². The lowest BCUT2D eigenvalue weighted by Crippen LogP contribution is -2.08. The van der Waals surface area contributed by atoms with Gasteiger partial charge in [0.1, 0.15) is 5.82 Å². The van der Waals surface area contributed by atoms with Crippen LogP contribution in [-0.2, 0) is 0 Å². The topological polar surface area (TPSA) is 24.9 Å². The van der Waals surface area contributed by atoms with E-state index in [2.05, 4.69) is 10.3 Å². The molecule has 2 nitrogen and oxygen atoms in total. The Bertz CT molecular complexity index is 497. The molecule has 1 heterocycles. The molecule has 0 saturated heterocycles. The Kier molecular flexibility index (Phi) is 3.38. The zero-order valence-electron chi connectivity index (χ0n) is 9.94. The number of halogens is 1. The second-order valence-corrected chi connectivity index (χ2v) is 4.06. The molecular weight excluding hydrogens is 215 g/mol. The van der Waals surface area contributed by atoms with Gasteiger partial charge in [0.25, 0.3) is 0 Å². The summed E-state index contributed by atoms with van der Waals surface area (Å²) in [6, 6.07) is 9.05. The van der Waals surface area contributed by atoms with E-state index in [-0.39, 0.29) is 11.9 Å². The number of nitrogens with zero attached hydrogens (tertiary/aromatic N) is 1. The molecule has 2 rings (SSSR count). The van der Waals surface area contributed by atoms with Crippen molar-refractivity contribution in [3.8, 4) is 0 Å². The molecule has 17 heavy (non-hydrogen) atoms. The number of anilines is 1. The highest BCUT2D eigenvalue weighted by molar-refractivity contribution is 5.52. The number of pyridine rings is 1. The van der Waals surface area contributed by atoms with E-state index in [1.165, 1.54) is 6.07 Å². The lowest BCUT2D eigenvalue weighted by Gasteiger charge is -2.17. The molecule has 0 spiro atoms. The van der Waals surface area contributed by atoms with Crippen LogP contribution in [0.3, 0.4) is 0 Å². The van der Waals surface area contributed by atoms with Crippen LogP contribution in [0.1, 0.15) is 24.1 Å². The number of rotatable bonds is 3. The van der Waals surface area contributed by atoms with Crippen LogP contribution in [0.25, 0.3) is 0 Å². The van der Waals surface area contributed by atoms with Gasteiger partial charge in [-0.3, -0.25) is 4.98 Å². The lowest BCUT2D eigenvalue weighted by atomic mass is 10.1. The van der Waals surface area contributed by atoms with Crippen molar-refractivity contribution in [1.29, 1.82) is 0 Å². The van der Waals surface area contributed by atoms with E-state index < -0.39 is 0 Å². The normalized spacial score (nSPS) is 12.2. The van der Waals surface area contributed by atoms with Gasteiger partial charge >= 0.3 is 0 Å². The third-order valence-corrected chi connectivity index (χ3v) is 2.82. The van der Waals surface area contributed by atoms with Gasteiger partial charge < -0.3 is 5.32 Å². The number of benzene rings is 1. The third-order valence-electron chi connectivity index (χ3n) is 2.82. The van der Waals surface area contributed by atoms with Crippen molar-refractivity contribution < 1.29 is 4.39 Å². The number of hydrogen-bond acceptors (Lipinski definition) is 2. The quantitative estimate of drug-likeness (QED) is 0.869. The van der Waals surface area contributed by atoms with Crippen molar-refractivity contribution in [2.45, 2.75) is 19.9 Å². The highest BCUT2D eigenvalue weighted by atomic mass is 19.1. The Balaban J connectivity index is 2.19.